The molecule has 28 heavy (non-hydrogen) atoms. The molecule has 4 rings (SSSR count). The monoisotopic (exact) mass is 375 g/mol. The minimum absolute atomic E-state index is 0.282. The highest BCUT2D eigenvalue weighted by molar-refractivity contribution is 6.04. The van der Waals surface area contributed by atoms with Crippen molar-refractivity contribution in [3.63, 3.8) is 0 Å². The van der Waals surface area contributed by atoms with Crippen LogP contribution in [0.5, 0.6) is 0 Å². The van der Waals surface area contributed by atoms with Crippen LogP contribution < -0.4 is 10.6 Å². The first-order valence-electron chi connectivity index (χ1n) is 9.25. The van der Waals surface area contributed by atoms with Crippen molar-refractivity contribution < 1.29 is 9.59 Å². The minimum atomic E-state index is -0.637. The van der Waals surface area contributed by atoms with Gasteiger partial charge in [0.2, 0.25) is 0 Å². The molecule has 3 aromatic rings. The Hall–Kier alpha value is -3.48. The molecule has 2 heterocycles. The molecule has 1 aromatic heterocycles. The van der Waals surface area contributed by atoms with Gasteiger partial charge in [-0.05, 0) is 36.6 Å². The zero-order chi connectivity index (χ0) is 19.5. The third-order valence-corrected chi connectivity index (χ3v) is 4.69. The van der Waals surface area contributed by atoms with Gasteiger partial charge in [0.05, 0.1) is 5.69 Å². The molecule has 7 nitrogen and oxygen atoms in total. The van der Waals surface area contributed by atoms with Gasteiger partial charge in [0.1, 0.15) is 11.9 Å². The Morgan fingerprint density at radius 3 is 2.57 bits per heavy atom. The Morgan fingerprint density at radius 1 is 1.04 bits per heavy atom. The fourth-order valence-corrected chi connectivity index (χ4v) is 3.28. The van der Waals surface area contributed by atoms with Crippen molar-refractivity contribution in [3.8, 4) is 5.69 Å². The van der Waals surface area contributed by atoms with E-state index in [9.17, 15) is 9.59 Å². The number of amides is 3. The zero-order valence-corrected chi connectivity index (χ0v) is 15.6. The van der Waals surface area contributed by atoms with Crippen molar-refractivity contribution in [1.29, 1.82) is 0 Å². The van der Waals surface area contributed by atoms with Gasteiger partial charge in [-0.1, -0.05) is 42.5 Å². The van der Waals surface area contributed by atoms with Gasteiger partial charge in [0.15, 0.2) is 5.82 Å². The number of carbonyl (C=O) groups is 2. The smallest absolute Gasteiger partial charge is 0.322 e. The molecule has 3 amide bonds. The molecule has 1 atom stereocenters. The Bertz CT molecular complexity index is 1010. The number of aryl methyl sites for hydroxylation is 3. The summed E-state index contributed by atoms with van der Waals surface area (Å²) < 4.78 is 1.77. The van der Waals surface area contributed by atoms with Gasteiger partial charge in [-0.2, -0.15) is 5.10 Å². The van der Waals surface area contributed by atoms with Crippen LogP contribution in [0.15, 0.2) is 54.6 Å². The largest absolute Gasteiger partial charge is 0.326 e. The number of imide groups is 1. The lowest BCUT2D eigenvalue weighted by atomic mass is 10.1. The Labute approximate surface area is 162 Å². The molecule has 1 fully saturated rings. The third kappa shape index (κ3) is 3.93. The molecule has 0 saturated carbocycles. The molecule has 142 valence electrons. The quantitative estimate of drug-likeness (QED) is 0.646. The summed E-state index contributed by atoms with van der Waals surface area (Å²) in [4.78, 5) is 28.1. The van der Waals surface area contributed by atoms with E-state index in [1.165, 1.54) is 5.56 Å². The summed E-state index contributed by atoms with van der Waals surface area (Å²) >= 11 is 0. The predicted octanol–water partition coefficient (Wildman–Crippen LogP) is 2.11. The van der Waals surface area contributed by atoms with Gasteiger partial charge in [-0.15, -0.1) is 0 Å². The second-order valence-corrected chi connectivity index (χ2v) is 6.90. The minimum Gasteiger partial charge on any atom is -0.326 e. The van der Waals surface area contributed by atoms with E-state index in [0.717, 1.165) is 17.7 Å². The molecule has 0 unspecified atom stereocenters. The molecule has 0 radical (unpaired) electrons. The number of urea groups is 1. The lowest BCUT2D eigenvalue weighted by Gasteiger charge is -2.09. The van der Waals surface area contributed by atoms with Gasteiger partial charge >= 0.3 is 6.03 Å². The zero-order valence-electron chi connectivity index (χ0n) is 15.6. The van der Waals surface area contributed by atoms with Crippen molar-refractivity contribution in [2.24, 2.45) is 0 Å². The average molecular weight is 375 g/mol. The maximum Gasteiger partial charge on any atom is 0.322 e. The molecule has 1 aliphatic heterocycles. The van der Waals surface area contributed by atoms with E-state index in [2.05, 4.69) is 32.8 Å². The lowest BCUT2D eigenvalue weighted by Crippen LogP contribution is -2.32. The average Bonchev–Trinajstić information content (AvgIpc) is 3.23. The maximum atomic E-state index is 12.0. The summed E-state index contributed by atoms with van der Waals surface area (Å²) in [6.45, 7) is 2.01. The van der Waals surface area contributed by atoms with Gasteiger partial charge in [-0.3, -0.25) is 10.1 Å². The number of hydrogen-bond acceptors (Lipinski definition) is 4. The van der Waals surface area contributed by atoms with Crippen LogP contribution in [0.2, 0.25) is 0 Å². The van der Waals surface area contributed by atoms with Crippen molar-refractivity contribution in [2.45, 2.75) is 32.2 Å². The van der Waals surface area contributed by atoms with Gasteiger partial charge in [0.25, 0.3) is 5.91 Å². The maximum absolute atomic E-state index is 12.0. The molecule has 1 aliphatic rings. The number of hydrogen-bond donors (Lipinski definition) is 2. The molecule has 0 spiro atoms. The molecule has 0 aliphatic carbocycles. The first-order chi connectivity index (χ1) is 13.6. The van der Waals surface area contributed by atoms with Crippen LogP contribution >= 0.6 is 0 Å². The molecule has 0 bridgehead atoms. The summed E-state index contributed by atoms with van der Waals surface area (Å²) in [5, 5.41) is 9.57. The van der Waals surface area contributed by atoms with E-state index >= 15 is 0 Å². The summed E-state index contributed by atoms with van der Waals surface area (Å²) in [6, 6.07) is 17.0. The molecule has 1 saturated heterocycles. The SMILES string of the molecule is Cc1cccc(-n2nc(CCc3ccccc3)nc2C[C@H]2NC(=O)NC2=O)c1. The Balaban J connectivity index is 1.61. The lowest BCUT2D eigenvalue weighted by molar-refractivity contribution is -0.120. The van der Waals surface area contributed by atoms with Crippen molar-refractivity contribution in [3.05, 3.63) is 77.4 Å². The number of nitrogens with zero attached hydrogens (tertiary/aromatic N) is 3. The van der Waals surface area contributed by atoms with Crippen molar-refractivity contribution >= 4 is 11.9 Å². The fourth-order valence-electron chi connectivity index (χ4n) is 3.28. The van der Waals surface area contributed by atoms with Crippen molar-refractivity contribution in [1.82, 2.24) is 25.4 Å². The number of carbonyl (C=O) groups excluding carboxylic acids is 2. The van der Waals surface area contributed by atoms with E-state index in [1.807, 2.05) is 49.4 Å². The molecule has 2 aromatic carbocycles. The van der Waals surface area contributed by atoms with Crippen LogP contribution in [-0.4, -0.2) is 32.7 Å². The first-order valence-corrected chi connectivity index (χ1v) is 9.25. The number of nitrogens with one attached hydrogen (secondary N) is 2. The molecular formula is C21H21N5O2. The topological polar surface area (TPSA) is 88.9 Å². The van der Waals surface area contributed by atoms with E-state index in [-0.39, 0.29) is 12.3 Å². The van der Waals surface area contributed by atoms with Crippen LogP contribution in [0.3, 0.4) is 0 Å². The van der Waals surface area contributed by atoms with Crippen LogP contribution in [0.25, 0.3) is 5.69 Å². The third-order valence-electron chi connectivity index (χ3n) is 4.69. The molecular weight excluding hydrogens is 354 g/mol. The Kier molecular flexibility index (Phi) is 4.89. The van der Waals surface area contributed by atoms with Crippen LogP contribution in [0.1, 0.15) is 22.8 Å². The van der Waals surface area contributed by atoms with Gasteiger partial charge in [0, 0.05) is 12.8 Å². The highest BCUT2D eigenvalue weighted by atomic mass is 16.2. The van der Waals surface area contributed by atoms with Gasteiger partial charge in [-0.25, -0.2) is 14.5 Å². The number of benzene rings is 2. The van der Waals surface area contributed by atoms with Gasteiger partial charge < -0.3 is 5.32 Å². The van der Waals surface area contributed by atoms with E-state index in [0.29, 0.717) is 18.1 Å². The first kappa shape index (κ1) is 17.9. The number of rotatable bonds is 6. The summed E-state index contributed by atoms with van der Waals surface area (Å²) in [7, 11) is 0. The summed E-state index contributed by atoms with van der Waals surface area (Å²) in [5.41, 5.74) is 3.22. The summed E-state index contributed by atoms with van der Waals surface area (Å²) in [5.74, 6) is 1.02. The predicted molar refractivity (Wildman–Crippen MR) is 104 cm³/mol. The highest BCUT2D eigenvalue weighted by Gasteiger charge is 2.31. The van der Waals surface area contributed by atoms with Crippen LogP contribution in [-0.2, 0) is 24.1 Å². The Morgan fingerprint density at radius 2 is 1.86 bits per heavy atom. The number of aromatic nitrogens is 3. The van der Waals surface area contributed by atoms with Crippen molar-refractivity contribution in [2.75, 3.05) is 0 Å². The van der Waals surface area contributed by atoms with E-state index in [1.54, 1.807) is 4.68 Å². The highest BCUT2D eigenvalue weighted by Crippen LogP contribution is 2.15. The second kappa shape index (κ2) is 7.64. The van der Waals surface area contributed by atoms with E-state index < -0.39 is 12.1 Å². The molecule has 7 heteroatoms. The second-order valence-electron chi connectivity index (χ2n) is 6.90. The standard InChI is InChI=1S/C21H21N5O2/c1-14-6-5-9-16(12-14)26-19(13-17-20(27)24-21(28)22-17)23-18(25-26)11-10-15-7-3-2-4-8-15/h2-9,12,17H,10-11,13H2,1H3,(H2,22,24,27,28)/t17-/m1/s1. The normalized spacial score (nSPS) is 16.1. The summed E-state index contributed by atoms with van der Waals surface area (Å²) in [6.07, 6.45) is 1.81. The fraction of sp³-hybridized carbons (Fsp3) is 0.238. The van der Waals surface area contributed by atoms with Crippen LogP contribution in [0, 0.1) is 6.92 Å². The van der Waals surface area contributed by atoms with E-state index in [4.69, 9.17) is 0 Å². The van der Waals surface area contributed by atoms with Crippen LogP contribution in [0.4, 0.5) is 4.79 Å². The molecule has 2 N–H and O–H groups in total.